The van der Waals surface area contributed by atoms with Gasteiger partial charge in [-0.1, -0.05) is 11.3 Å². The van der Waals surface area contributed by atoms with E-state index in [9.17, 15) is 18.8 Å². The number of nitrogens with one attached hydrogen (secondary N) is 2. The zero-order valence-corrected chi connectivity index (χ0v) is 20.1. The Balaban J connectivity index is 1.21. The minimum atomic E-state index is -0.504. The lowest BCUT2D eigenvalue weighted by Gasteiger charge is -2.31. The summed E-state index contributed by atoms with van der Waals surface area (Å²) in [6.07, 6.45) is 1.26. The first kappa shape index (κ1) is 23.7. The summed E-state index contributed by atoms with van der Waals surface area (Å²) in [7, 11) is 0. The predicted molar refractivity (Wildman–Crippen MR) is 129 cm³/mol. The van der Waals surface area contributed by atoms with Gasteiger partial charge >= 0.3 is 0 Å². The zero-order chi connectivity index (χ0) is 25.2. The van der Waals surface area contributed by atoms with E-state index < -0.39 is 11.8 Å². The number of halogens is 1. The average Bonchev–Trinajstić information content (AvgIpc) is 3.55. The summed E-state index contributed by atoms with van der Waals surface area (Å²) in [4.78, 5) is 40.0. The van der Waals surface area contributed by atoms with Crippen molar-refractivity contribution in [1.82, 2.24) is 15.1 Å². The molecule has 1 saturated heterocycles. The molecule has 36 heavy (non-hydrogen) atoms. The number of carbonyl (C=O) groups is 3. The second-order valence-corrected chi connectivity index (χ2v) is 9.45. The van der Waals surface area contributed by atoms with Crippen molar-refractivity contribution >= 4 is 40.4 Å². The van der Waals surface area contributed by atoms with E-state index in [1.807, 2.05) is 0 Å². The number of hydrogen-bond acceptors (Lipinski definition) is 8. The zero-order valence-electron chi connectivity index (χ0n) is 19.2. The average molecular weight is 512 g/mol. The third kappa shape index (κ3) is 4.98. The summed E-state index contributed by atoms with van der Waals surface area (Å²) in [6.45, 7) is 2.52. The van der Waals surface area contributed by atoms with Crippen LogP contribution in [-0.2, 0) is 4.79 Å². The number of aromatic nitrogens is 2. The summed E-state index contributed by atoms with van der Waals surface area (Å²) in [5.74, 6) is -0.795. The summed E-state index contributed by atoms with van der Waals surface area (Å²) in [6, 6.07) is 9.15. The van der Waals surface area contributed by atoms with Crippen molar-refractivity contribution in [2.45, 2.75) is 19.8 Å². The van der Waals surface area contributed by atoms with Crippen LogP contribution in [0.3, 0.4) is 0 Å². The Labute approximate surface area is 209 Å². The molecule has 2 N–H and O–H groups in total. The summed E-state index contributed by atoms with van der Waals surface area (Å²) in [5.41, 5.74) is 1.65. The highest BCUT2D eigenvalue weighted by Crippen LogP contribution is 2.34. The Morgan fingerprint density at radius 1 is 1.06 bits per heavy atom. The molecule has 1 aromatic heterocycles. The predicted octanol–water partition coefficient (Wildman–Crippen LogP) is 3.46. The first-order valence-corrected chi connectivity index (χ1v) is 12.1. The van der Waals surface area contributed by atoms with Gasteiger partial charge in [-0.3, -0.25) is 14.4 Å². The molecule has 186 valence electrons. The Hall–Kier alpha value is -4.06. The third-order valence-corrected chi connectivity index (χ3v) is 6.87. The Kier molecular flexibility index (Phi) is 6.51. The maximum atomic E-state index is 13.3. The van der Waals surface area contributed by atoms with Gasteiger partial charge in [0, 0.05) is 30.5 Å². The molecule has 0 saturated carbocycles. The minimum absolute atomic E-state index is 0.0362. The van der Waals surface area contributed by atoms with Crippen molar-refractivity contribution in [2.24, 2.45) is 5.92 Å². The van der Waals surface area contributed by atoms with Gasteiger partial charge < -0.3 is 25.0 Å². The number of rotatable bonds is 5. The SMILES string of the molecule is Cc1cc(F)ccc1NC(=O)[C@H]1CCCN(C(=O)c2nnc(C(=O)Nc3ccc4c(c3)OCO4)s2)C1. The van der Waals surface area contributed by atoms with Crippen LogP contribution in [0.15, 0.2) is 36.4 Å². The number of likely N-dealkylation sites (tertiary alicyclic amines) is 1. The number of benzene rings is 2. The van der Waals surface area contributed by atoms with Gasteiger partial charge in [0.15, 0.2) is 11.5 Å². The maximum absolute atomic E-state index is 13.3. The summed E-state index contributed by atoms with van der Waals surface area (Å²) in [5, 5.41) is 13.4. The highest BCUT2D eigenvalue weighted by atomic mass is 32.1. The van der Waals surface area contributed by atoms with Crippen molar-refractivity contribution < 1.29 is 28.2 Å². The molecular weight excluding hydrogens is 489 g/mol. The van der Waals surface area contributed by atoms with Crippen LogP contribution in [0, 0.1) is 18.7 Å². The number of hydrogen-bond donors (Lipinski definition) is 2. The van der Waals surface area contributed by atoms with E-state index in [-0.39, 0.29) is 41.0 Å². The smallest absolute Gasteiger partial charge is 0.286 e. The number of carbonyl (C=O) groups excluding carboxylic acids is 3. The van der Waals surface area contributed by atoms with E-state index in [2.05, 4.69) is 20.8 Å². The lowest BCUT2D eigenvalue weighted by Crippen LogP contribution is -2.43. The Bertz CT molecular complexity index is 1350. The fourth-order valence-electron chi connectivity index (χ4n) is 4.07. The van der Waals surface area contributed by atoms with Crippen LogP contribution in [0.2, 0.25) is 0 Å². The molecule has 0 aliphatic carbocycles. The quantitative estimate of drug-likeness (QED) is 0.538. The van der Waals surface area contributed by atoms with Crippen molar-refractivity contribution in [3.8, 4) is 11.5 Å². The topological polar surface area (TPSA) is 123 Å². The Morgan fingerprint density at radius 3 is 2.69 bits per heavy atom. The van der Waals surface area contributed by atoms with E-state index in [4.69, 9.17) is 9.47 Å². The number of aryl methyl sites for hydroxylation is 1. The molecule has 1 fully saturated rings. The van der Waals surface area contributed by atoms with Crippen LogP contribution < -0.4 is 20.1 Å². The van der Waals surface area contributed by atoms with Crippen molar-refractivity contribution in [1.29, 1.82) is 0 Å². The molecule has 3 heterocycles. The standard InChI is InChI=1S/C24H22FN5O5S/c1-13-9-15(25)4-6-17(13)27-20(31)14-3-2-8-30(11-14)24(33)23-29-28-22(36-23)21(32)26-16-5-7-18-19(10-16)35-12-34-18/h4-7,9-10,14H,2-3,8,11-12H2,1H3,(H,26,32)(H,27,31)/t14-/m0/s1. The van der Waals surface area contributed by atoms with E-state index >= 15 is 0 Å². The minimum Gasteiger partial charge on any atom is -0.454 e. The molecule has 0 radical (unpaired) electrons. The van der Waals surface area contributed by atoms with E-state index in [1.165, 1.54) is 18.2 Å². The van der Waals surface area contributed by atoms with Gasteiger partial charge in [-0.25, -0.2) is 4.39 Å². The number of amides is 3. The van der Waals surface area contributed by atoms with Crippen molar-refractivity contribution in [2.75, 3.05) is 30.5 Å². The van der Waals surface area contributed by atoms with E-state index in [1.54, 1.807) is 30.0 Å². The highest BCUT2D eigenvalue weighted by molar-refractivity contribution is 7.15. The van der Waals surface area contributed by atoms with E-state index in [0.717, 1.165) is 11.3 Å². The number of nitrogens with zero attached hydrogens (tertiary/aromatic N) is 3. The van der Waals surface area contributed by atoms with Crippen LogP contribution in [0.4, 0.5) is 15.8 Å². The number of fused-ring (bicyclic) bond motifs is 1. The van der Waals surface area contributed by atoms with Crippen LogP contribution in [0.1, 0.15) is 38.0 Å². The summed E-state index contributed by atoms with van der Waals surface area (Å²) < 4.78 is 23.9. The lowest BCUT2D eigenvalue weighted by molar-refractivity contribution is -0.121. The molecule has 0 bridgehead atoms. The first-order chi connectivity index (χ1) is 17.4. The van der Waals surface area contributed by atoms with Gasteiger partial charge in [-0.05, 0) is 55.7 Å². The van der Waals surface area contributed by atoms with Crippen molar-refractivity contribution in [3.05, 3.63) is 57.8 Å². The Morgan fingerprint density at radius 2 is 1.86 bits per heavy atom. The first-order valence-electron chi connectivity index (χ1n) is 11.3. The molecular formula is C24H22FN5O5S. The molecule has 2 aliphatic heterocycles. The van der Waals surface area contributed by atoms with Gasteiger partial charge in [0.1, 0.15) is 5.82 Å². The molecule has 0 spiro atoms. The second kappa shape index (κ2) is 9.90. The maximum Gasteiger partial charge on any atom is 0.286 e. The van der Waals surface area contributed by atoms with Crippen LogP contribution in [-0.4, -0.2) is 52.7 Å². The number of ether oxygens (including phenoxy) is 2. The molecule has 3 aromatic rings. The van der Waals surface area contributed by atoms with Crippen LogP contribution in [0.5, 0.6) is 11.5 Å². The molecule has 5 rings (SSSR count). The lowest BCUT2D eigenvalue weighted by atomic mass is 9.96. The van der Waals surface area contributed by atoms with Crippen molar-refractivity contribution in [3.63, 3.8) is 0 Å². The van der Waals surface area contributed by atoms with Crippen LogP contribution in [0.25, 0.3) is 0 Å². The van der Waals surface area contributed by atoms with Gasteiger partial charge in [0.05, 0.1) is 5.92 Å². The second-order valence-electron chi connectivity index (χ2n) is 8.47. The molecule has 3 amide bonds. The molecule has 10 nitrogen and oxygen atoms in total. The number of anilines is 2. The van der Waals surface area contributed by atoms with Gasteiger partial charge in [0.2, 0.25) is 22.7 Å². The molecule has 2 aliphatic rings. The highest BCUT2D eigenvalue weighted by Gasteiger charge is 2.31. The number of piperidine rings is 1. The van der Waals surface area contributed by atoms with Gasteiger partial charge in [-0.2, -0.15) is 0 Å². The van der Waals surface area contributed by atoms with E-state index in [0.29, 0.717) is 47.8 Å². The molecule has 1 atom stereocenters. The summed E-state index contributed by atoms with van der Waals surface area (Å²) >= 11 is 0.886. The van der Waals surface area contributed by atoms with Gasteiger partial charge in [-0.15, -0.1) is 10.2 Å². The monoisotopic (exact) mass is 511 g/mol. The fourth-order valence-corrected chi connectivity index (χ4v) is 4.78. The third-order valence-electron chi connectivity index (χ3n) is 5.96. The van der Waals surface area contributed by atoms with Crippen LogP contribution >= 0.6 is 11.3 Å². The normalized spacial score (nSPS) is 16.5. The fraction of sp³-hybridized carbons (Fsp3) is 0.292. The molecule has 0 unspecified atom stereocenters. The molecule has 12 heteroatoms. The largest absolute Gasteiger partial charge is 0.454 e. The van der Waals surface area contributed by atoms with Gasteiger partial charge in [0.25, 0.3) is 11.8 Å². The molecule has 2 aromatic carbocycles.